The lowest BCUT2D eigenvalue weighted by molar-refractivity contribution is 0.0765. The van der Waals surface area contributed by atoms with E-state index in [1.807, 2.05) is 20.8 Å². The zero-order valence-corrected chi connectivity index (χ0v) is 13.1. The Morgan fingerprint density at radius 1 is 1.15 bits per heavy atom. The molecule has 0 aliphatic carbocycles. The topological polar surface area (TPSA) is 69.2 Å². The smallest absolute Gasteiger partial charge is 0.322 e. The molecule has 0 saturated heterocycles. The Kier molecular flexibility index (Phi) is 8.22. The predicted molar refractivity (Wildman–Crippen MR) is 79.4 cm³/mol. The lowest BCUT2D eigenvalue weighted by Gasteiger charge is -2.08. The fourth-order valence-corrected chi connectivity index (χ4v) is 1.57. The number of unbranched alkanes of at least 4 members (excludes halogenated alkanes) is 1. The van der Waals surface area contributed by atoms with Crippen LogP contribution in [0.5, 0.6) is 6.01 Å². The standard InChI is InChI=1S/C13H23ClN4O2/c1-4-8-20-13-17-11(14)16-12(18-13)15-7-5-6-9-19-10(2)3/h10H,4-9H2,1-3H3,(H,15,16,17,18). The Morgan fingerprint density at radius 2 is 1.95 bits per heavy atom. The summed E-state index contributed by atoms with van der Waals surface area (Å²) < 4.78 is 10.8. The maximum atomic E-state index is 5.82. The number of ether oxygens (including phenoxy) is 2. The molecule has 114 valence electrons. The van der Waals surface area contributed by atoms with Crippen LogP contribution in [0.2, 0.25) is 5.28 Å². The van der Waals surface area contributed by atoms with E-state index in [1.165, 1.54) is 0 Å². The van der Waals surface area contributed by atoms with Crippen molar-refractivity contribution in [2.24, 2.45) is 0 Å². The van der Waals surface area contributed by atoms with Gasteiger partial charge in [-0.1, -0.05) is 6.92 Å². The van der Waals surface area contributed by atoms with Crippen molar-refractivity contribution in [2.75, 3.05) is 25.1 Å². The highest BCUT2D eigenvalue weighted by molar-refractivity contribution is 6.28. The Hall–Kier alpha value is -1.14. The Morgan fingerprint density at radius 3 is 2.65 bits per heavy atom. The minimum Gasteiger partial charge on any atom is -0.463 e. The zero-order chi connectivity index (χ0) is 14.8. The van der Waals surface area contributed by atoms with Gasteiger partial charge in [0.15, 0.2) is 0 Å². The first-order valence-electron chi connectivity index (χ1n) is 7.01. The molecule has 0 fully saturated rings. The number of aromatic nitrogens is 3. The van der Waals surface area contributed by atoms with Gasteiger partial charge in [-0.3, -0.25) is 0 Å². The summed E-state index contributed by atoms with van der Waals surface area (Å²) in [5, 5.41) is 3.24. The van der Waals surface area contributed by atoms with Crippen molar-refractivity contribution in [1.29, 1.82) is 0 Å². The first-order valence-corrected chi connectivity index (χ1v) is 7.39. The molecule has 1 aromatic heterocycles. The molecule has 1 rings (SSSR count). The molecule has 7 heteroatoms. The van der Waals surface area contributed by atoms with E-state index in [2.05, 4.69) is 20.3 Å². The lowest BCUT2D eigenvalue weighted by atomic mass is 10.3. The summed E-state index contributed by atoms with van der Waals surface area (Å²) in [6.45, 7) is 8.16. The number of hydrogen-bond donors (Lipinski definition) is 1. The number of nitrogens with zero attached hydrogens (tertiary/aromatic N) is 3. The van der Waals surface area contributed by atoms with Gasteiger partial charge in [-0.05, 0) is 44.7 Å². The van der Waals surface area contributed by atoms with Crippen LogP contribution < -0.4 is 10.1 Å². The second-order valence-electron chi connectivity index (χ2n) is 4.61. The summed E-state index contributed by atoms with van der Waals surface area (Å²) in [5.41, 5.74) is 0. The largest absolute Gasteiger partial charge is 0.463 e. The minimum absolute atomic E-state index is 0.136. The lowest BCUT2D eigenvalue weighted by Crippen LogP contribution is -2.10. The average molecular weight is 303 g/mol. The number of anilines is 1. The van der Waals surface area contributed by atoms with Crippen LogP contribution >= 0.6 is 11.6 Å². The normalized spacial score (nSPS) is 10.8. The van der Waals surface area contributed by atoms with Crippen molar-refractivity contribution in [1.82, 2.24) is 15.0 Å². The number of halogens is 1. The van der Waals surface area contributed by atoms with Gasteiger partial charge in [0.25, 0.3) is 0 Å². The van der Waals surface area contributed by atoms with Crippen molar-refractivity contribution in [3.05, 3.63) is 5.28 Å². The van der Waals surface area contributed by atoms with Gasteiger partial charge in [-0.2, -0.15) is 15.0 Å². The molecular formula is C13H23ClN4O2. The van der Waals surface area contributed by atoms with Gasteiger partial charge in [0, 0.05) is 13.2 Å². The zero-order valence-electron chi connectivity index (χ0n) is 12.4. The van der Waals surface area contributed by atoms with Crippen molar-refractivity contribution >= 4 is 17.5 Å². The summed E-state index contributed by atoms with van der Waals surface area (Å²) in [6, 6.07) is 0.262. The van der Waals surface area contributed by atoms with E-state index in [0.717, 1.165) is 32.4 Å². The summed E-state index contributed by atoms with van der Waals surface area (Å²) in [4.78, 5) is 12.1. The molecule has 0 aromatic carbocycles. The third-order valence-electron chi connectivity index (χ3n) is 2.33. The Labute approximate surface area is 125 Å². The fourth-order valence-electron chi connectivity index (χ4n) is 1.42. The molecular weight excluding hydrogens is 280 g/mol. The highest BCUT2D eigenvalue weighted by atomic mass is 35.5. The van der Waals surface area contributed by atoms with Gasteiger partial charge in [0.05, 0.1) is 12.7 Å². The third kappa shape index (κ3) is 7.45. The molecule has 20 heavy (non-hydrogen) atoms. The van der Waals surface area contributed by atoms with Crippen LogP contribution in [0.4, 0.5) is 5.95 Å². The molecule has 0 spiro atoms. The second-order valence-corrected chi connectivity index (χ2v) is 4.95. The van der Waals surface area contributed by atoms with Gasteiger partial charge in [-0.25, -0.2) is 0 Å². The van der Waals surface area contributed by atoms with Gasteiger partial charge >= 0.3 is 6.01 Å². The monoisotopic (exact) mass is 302 g/mol. The molecule has 1 N–H and O–H groups in total. The van der Waals surface area contributed by atoms with Gasteiger partial charge in [0.2, 0.25) is 11.2 Å². The molecule has 0 amide bonds. The maximum Gasteiger partial charge on any atom is 0.322 e. The SMILES string of the molecule is CCCOc1nc(Cl)nc(NCCCCOC(C)C)n1. The molecule has 0 radical (unpaired) electrons. The van der Waals surface area contributed by atoms with Crippen LogP contribution in [0.1, 0.15) is 40.0 Å². The third-order valence-corrected chi connectivity index (χ3v) is 2.50. The molecule has 0 aliphatic rings. The number of nitrogens with one attached hydrogen (secondary N) is 1. The van der Waals surface area contributed by atoms with E-state index in [9.17, 15) is 0 Å². The number of rotatable bonds is 10. The van der Waals surface area contributed by atoms with E-state index >= 15 is 0 Å². The fraction of sp³-hybridized carbons (Fsp3) is 0.769. The summed E-state index contributed by atoms with van der Waals surface area (Å²) in [6.07, 6.45) is 3.13. The van der Waals surface area contributed by atoms with Gasteiger partial charge in [0.1, 0.15) is 0 Å². The van der Waals surface area contributed by atoms with Crippen LogP contribution in [-0.2, 0) is 4.74 Å². The molecule has 1 aromatic rings. The Balaban J connectivity index is 2.30. The van der Waals surface area contributed by atoms with E-state index in [-0.39, 0.29) is 17.4 Å². The molecule has 1 heterocycles. The maximum absolute atomic E-state index is 5.82. The van der Waals surface area contributed by atoms with Crippen molar-refractivity contribution in [3.63, 3.8) is 0 Å². The van der Waals surface area contributed by atoms with Gasteiger partial charge < -0.3 is 14.8 Å². The van der Waals surface area contributed by atoms with Crippen LogP contribution in [0.3, 0.4) is 0 Å². The average Bonchev–Trinajstić information content (AvgIpc) is 2.39. The molecule has 6 nitrogen and oxygen atoms in total. The van der Waals surface area contributed by atoms with Crippen molar-refractivity contribution in [3.8, 4) is 6.01 Å². The van der Waals surface area contributed by atoms with Crippen LogP contribution in [0, 0.1) is 0 Å². The highest BCUT2D eigenvalue weighted by Gasteiger charge is 2.05. The van der Waals surface area contributed by atoms with Crippen LogP contribution in [0.15, 0.2) is 0 Å². The summed E-state index contributed by atoms with van der Waals surface area (Å²) >= 11 is 5.82. The van der Waals surface area contributed by atoms with Crippen molar-refractivity contribution in [2.45, 2.75) is 46.1 Å². The van der Waals surface area contributed by atoms with E-state index in [4.69, 9.17) is 21.1 Å². The van der Waals surface area contributed by atoms with Gasteiger partial charge in [-0.15, -0.1) is 0 Å². The molecule has 0 bridgehead atoms. The quantitative estimate of drug-likeness (QED) is 0.670. The van der Waals surface area contributed by atoms with Crippen molar-refractivity contribution < 1.29 is 9.47 Å². The minimum atomic E-state index is 0.136. The van der Waals surface area contributed by atoms with Crippen LogP contribution in [0.25, 0.3) is 0 Å². The Bertz CT molecular complexity index is 391. The second kappa shape index (κ2) is 9.72. The molecule has 0 atom stereocenters. The van der Waals surface area contributed by atoms with Crippen LogP contribution in [-0.4, -0.2) is 40.8 Å². The summed E-state index contributed by atoms with van der Waals surface area (Å²) in [5.74, 6) is 0.445. The highest BCUT2D eigenvalue weighted by Crippen LogP contribution is 2.11. The number of hydrogen-bond acceptors (Lipinski definition) is 6. The molecule has 0 saturated carbocycles. The predicted octanol–water partition coefficient (Wildman–Crippen LogP) is 2.93. The molecule has 0 unspecified atom stereocenters. The first-order chi connectivity index (χ1) is 9.61. The summed E-state index contributed by atoms with van der Waals surface area (Å²) in [7, 11) is 0. The van der Waals surface area contributed by atoms with E-state index in [0.29, 0.717) is 12.6 Å². The van der Waals surface area contributed by atoms with E-state index in [1.54, 1.807) is 0 Å². The first kappa shape index (κ1) is 16.9. The molecule has 0 aliphatic heterocycles. The van der Waals surface area contributed by atoms with E-state index < -0.39 is 0 Å².